The summed E-state index contributed by atoms with van der Waals surface area (Å²) in [5, 5.41) is 3.31. The van der Waals surface area contributed by atoms with Gasteiger partial charge < -0.3 is 15.8 Å². The van der Waals surface area contributed by atoms with Crippen LogP contribution in [0, 0.1) is 0 Å². The van der Waals surface area contributed by atoms with Crippen molar-refractivity contribution < 1.29 is 9.53 Å². The number of hydrogen-bond acceptors (Lipinski definition) is 3. The molecular weight excluding hydrogens is 228 g/mol. The number of primary amides is 1. The fraction of sp³-hybridized carbons (Fsp3) is 0.500. The maximum Gasteiger partial charge on any atom is 0.217 e. The molecule has 0 bridgehead atoms. The third kappa shape index (κ3) is 7.68. The van der Waals surface area contributed by atoms with Crippen LogP contribution >= 0.6 is 0 Å². The number of nitrogens with one attached hydrogen (secondary N) is 1. The van der Waals surface area contributed by atoms with Gasteiger partial charge >= 0.3 is 0 Å². The highest BCUT2D eigenvalue weighted by molar-refractivity contribution is 5.73. The molecule has 1 rings (SSSR count). The number of benzene rings is 1. The summed E-state index contributed by atoms with van der Waals surface area (Å²) in [6.45, 7) is 2.58. The van der Waals surface area contributed by atoms with E-state index in [9.17, 15) is 4.79 Å². The van der Waals surface area contributed by atoms with E-state index in [1.165, 1.54) is 0 Å². The second kappa shape index (κ2) is 9.48. The maximum absolute atomic E-state index is 10.5. The lowest BCUT2D eigenvalue weighted by Crippen LogP contribution is -2.19. The summed E-state index contributed by atoms with van der Waals surface area (Å²) in [6.07, 6.45) is 3.31. The Hall–Kier alpha value is -1.55. The van der Waals surface area contributed by atoms with Gasteiger partial charge in [-0.25, -0.2) is 0 Å². The zero-order chi connectivity index (χ0) is 13.1. The normalized spacial score (nSPS) is 10.2. The molecule has 0 heterocycles. The van der Waals surface area contributed by atoms with Crippen molar-refractivity contribution in [1.82, 2.24) is 5.32 Å². The first-order valence-corrected chi connectivity index (χ1v) is 6.46. The van der Waals surface area contributed by atoms with Gasteiger partial charge in [0.1, 0.15) is 5.75 Å². The monoisotopic (exact) mass is 250 g/mol. The lowest BCUT2D eigenvalue weighted by atomic mass is 10.2. The SMILES string of the molecule is NC(=O)CCCCNCCCOc1ccccc1. The second-order valence-electron chi connectivity index (χ2n) is 4.19. The highest BCUT2D eigenvalue weighted by atomic mass is 16.5. The zero-order valence-electron chi connectivity index (χ0n) is 10.7. The Kier molecular flexibility index (Phi) is 7.64. The minimum atomic E-state index is -0.216. The molecule has 18 heavy (non-hydrogen) atoms. The number of nitrogens with two attached hydrogens (primary N) is 1. The highest BCUT2D eigenvalue weighted by Gasteiger charge is 1.95. The molecule has 0 atom stereocenters. The first kappa shape index (κ1) is 14.5. The molecule has 0 unspecified atom stereocenters. The fourth-order valence-electron chi connectivity index (χ4n) is 1.58. The fourth-order valence-corrected chi connectivity index (χ4v) is 1.58. The number of carbonyl (C=O) groups excluding carboxylic acids is 1. The lowest BCUT2D eigenvalue weighted by Gasteiger charge is -2.06. The summed E-state index contributed by atoms with van der Waals surface area (Å²) in [5.41, 5.74) is 5.05. The van der Waals surface area contributed by atoms with Gasteiger partial charge in [0.05, 0.1) is 6.61 Å². The molecule has 1 amide bonds. The van der Waals surface area contributed by atoms with Gasteiger partial charge in [0.2, 0.25) is 5.91 Å². The van der Waals surface area contributed by atoms with E-state index < -0.39 is 0 Å². The van der Waals surface area contributed by atoms with Crippen molar-refractivity contribution in [1.29, 1.82) is 0 Å². The van der Waals surface area contributed by atoms with E-state index in [0.717, 1.165) is 44.7 Å². The predicted octanol–water partition coefficient (Wildman–Crippen LogP) is 1.70. The Balaban J connectivity index is 1.86. The Morgan fingerprint density at radius 1 is 1.11 bits per heavy atom. The van der Waals surface area contributed by atoms with Crippen LogP contribution in [0.2, 0.25) is 0 Å². The molecule has 1 aromatic rings. The van der Waals surface area contributed by atoms with Crippen molar-refractivity contribution in [2.75, 3.05) is 19.7 Å². The number of unbranched alkanes of at least 4 members (excludes halogenated alkanes) is 1. The molecule has 4 heteroatoms. The van der Waals surface area contributed by atoms with Gasteiger partial charge in [-0.1, -0.05) is 18.2 Å². The quantitative estimate of drug-likeness (QED) is 0.621. The van der Waals surface area contributed by atoms with Crippen molar-refractivity contribution in [2.24, 2.45) is 5.73 Å². The maximum atomic E-state index is 10.5. The number of ether oxygens (including phenoxy) is 1. The molecule has 0 spiro atoms. The minimum absolute atomic E-state index is 0.216. The van der Waals surface area contributed by atoms with Gasteiger partial charge in [-0.2, -0.15) is 0 Å². The largest absolute Gasteiger partial charge is 0.494 e. The Morgan fingerprint density at radius 3 is 2.56 bits per heavy atom. The average Bonchev–Trinajstić information content (AvgIpc) is 2.37. The Bertz CT molecular complexity index is 328. The molecule has 3 N–H and O–H groups in total. The standard InChI is InChI=1S/C14H22N2O2/c15-14(17)9-4-5-10-16-11-6-12-18-13-7-2-1-3-8-13/h1-3,7-8,16H,4-6,9-12H2,(H2,15,17). The second-order valence-corrected chi connectivity index (χ2v) is 4.19. The van der Waals surface area contributed by atoms with E-state index in [-0.39, 0.29) is 5.91 Å². The van der Waals surface area contributed by atoms with E-state index in [1.807, 2.05) is 30.3 Å². The first-order valence-electron chi connectivity index (χ1n) is 6.46. The minimum Gasteiger partial charge on any atom is -0.494 e. The smallest absolute Gasteiger partial charge is 0.217 e. The average molecular weight is 250 g/mol. The summed E-state index contributed by atoms with van der Waals surface area (Å²) < 4.78 is 5.56. The molecular formula is C14H22N2O2. The molecule has 0 saturated carbocycles. The van der Waals surface area contributed by atoms with E-state index in [0.29, 0.717) is 6.42 Å². The summed E-state index contributed by atoms with van der Waals surface area (Å²) in [7, 11) is 0. The van der Waals surface area contributed by atoms with E-state index in [2.05, 4.69) is 5.32 Å². The van der Waals surface area contributed by atoms with E-state index in [4.69, 9.17) is 10.5 Å². The molecule has 4 nitrogen and oxygen atoms in total. The van der Waals surface area contributed by atoms with E-state index >= 15 is 0 Å². The van der Waals surface area contributed by atoms with Crippen LogP contribution in [-0.4, -0.2) is 25.6 Å². The van der Waals surface area contributed by atoms with Gasteiger partial charge in [-0.3, -0.25) is 4.79 Å². The van der Waals surface area contributed by atoms with Crippen LogP contribution in [0.5, 0.6) is 5.75 Å². The van der Waals surface area contributed by atoms with Crippen molar-refractivity contribution >= 4 is 5.91 Å². The van der Waals surface area contributed by atoms with Gasteiger partial charge in [-0.15, -0.1) is 0 Å². The summed E-state index contributed by atoms with van der Waals surface area (Å²) in [4.78, 5) is 10.5. The van der Waals surface area contributed by atoms with Crippen molar-refractivity contribution in [2.45, 2.75) is 25.7 Å². The van der Waals surface area contributed by atoms with Crippen LogP contribution in [0.4, 0.5) is 0 Å². The number of para-hydroxylation sites is 1. The number of hydrogen-bond donors (Lipinski definition) is 2. The first-order chi connectivity index (χ1) is 8.79. The molecule has 0 saturated heterocycles. The third-order valence-corrected chi connectivity index (χ3v) is 2.54. The van der Waals surface area contributed by atoms with E-state index in [1.54, 1.807) is 0 Å². The van der Waals surface area contributed by atoms with Gasteiger partial charge in [0.25, 0.3) is 0 Å². The van der Waals surface area contributed by atoms with Crippen LogP contribution in [0.3, 0.4) is 0 Å². The van der Waals surface area contributed by atoms with Gasteiger partial charge in [-0.05, 0) is 44.5 Å². The molecule has 0 aliphatic rings. The topological polar surface area (TPSA) is 64.4 Å². The van der Waals surface area contributed by atoms with Gasteiger partial charge in [0, 0.05) is 6.42 Å². The van der Waals surface area contributed by atoms with Crippen LogP contribution in [0.1, 0.15) is 25.7 Å². The van der Waals surface area contributed by atoms with Gasteiger partial charge in [0.15, 0.2) is 0 Å². The van der Waals surface area contributed by atoms with Crippen LogP contribution in [0.25, 0.3) is 0 Å². The Morgan fingerprint density at radius 2 is 1.83 bits per heavy atom. The van der Waals surface area contributed by atoms with Crippen LogP contribution in [-0.2, 0) is 4.79 Å². The molecule has 0 aliphatic carbocycles. The number of carbonyl (C=O) groups is 1. The lowest BCUT2D eigenvalue weighted by molar-refractivity contribution is -0.118. The summed E-state index contributed by atoms with van der Waals surface area (Å²) >= 11 is 0. The van der Waals surface area contributed by atoms with Crippen molar-refractivity contribution in [3.63, 3.8) is 0 Å². The van der Waals surface area contributed by atoms with Crippen LogP contribution in [0.15, 0.2) is 30.3 Å². The third-order valence-electron chi connectivity index (χ3n) is 2.54. The van der Waals surface area contributed by atoms with Crippen LogP contribution < -0.4 is 15.8 Å². The molecule has 0 aromatic heterocycles. The summed E-state index contributed by atoms with van der Waals surface area (Å²) in [5.74, 6) is 0.699. The molecule has 0 radical (unpaired) electrons. The van der Waals surface area contributed by atoms with Crippen molar-refractivity contribution in [3.8, 4) is 5.75 Å². The van der Waals surface area contributed by atoms with Crippen molar-refractivity contribution in [3.05, 3.63) is 30.3 Å². The number of amides is 1. The summed E-state index contributed by atoms with van der Waals surface area (Å²) in [6, 6.07) is 9.81. The molecule has 100 valence electrons. The Labute approximate surface area is 109 Å². The molecule has 1 aromatic carbocycles. The zero-order valence-corrected chi connectivity index (χ0v) is 10.7. The molecule has 0 fully saturated rings. The highest BCUT2D eigenvalue weighted by Crippen LogP contribution is 2.07. The molecule has 0 aliphatic heterocycles. The predicted molar refractivity (Wildman–Crippen MR) is 72.5 cm³/mol. The number of rotatable bonds is 10.